The van der Waals surface area contributed by atoms with E-state index in [9.17, 15) is 4.79 Å². The SMILES string of the molecule is Cc1c(N)cccc1C(=O)c1ccc2c(c1)C(C)(C)CO2. The Labute approximate surface area is 124 Å². The smallest absolute Gasteiger partial charge is 0.193 e. The van der Waals surface area contributed by atoms with E-state index in [0.29, 0.717) is 23.4 Å². The summed E-state index contributed by atoms with van der Waals surface area (Å²) in [7, 11) is 0. The van der Waals surface area contributed by atoms with E-state index in [1.54, 1.807) is 0 Å². The molecule has 0 fully saturated rings. The molecule has 1 aliphatic heterocycles. The Morgan fingerprint density at radius 3 is 2.76 bits per heavy atom. The second-order valence-electron chi connectivity index (χ2n) is 6.23. The lowest BCUT2D eigenvalue weighted by Gasteiger charge is -2.16. The van der Waals surface area contributed by atoms with Crippen LogP contribution in [0, 0.1) is 6.92 Å². The van der Waals surface area contributed by atoms with Crippen LogP contribution in [0.1, 0.15) is 40.9 Å². The van der Waals surface area contributed by atoms with E-state index in [4.69, 9.17) is 10.5 Å². The zero-order chi connectivity index (χ0) is 15.2. The highest BCUT2D eigenvalue weighted by Crippen LogP contribution is 2.39. The lowest BCUT2D eigenvalue weighted by molar-refractivity contribution is 0.103. The second-order valence-corrected chi connectivity index (χ2v) is 6.23. The fourth-order valence-corrected chi connectivity index (χ4v) is 2.72. The van der Waals surface area contributed by atoms with Crippen molar-refractivity contribution >= 4 is 11.5 Å². The number of fused-ring (bicyclic) bond motifs is 1. The van der Waals surface area contributed by atoms with Gasteiger partial charge in [-0.3, -0.25) is 4.79 Å². The molecule has 2 aromatic carbocycles. The molecule has 0 saturated carbocycles. The van der Waals surface area contributed by atoms with Crippen LogP contribution < -0.4 is 10.5 Å². The summed E-state index contributed by atoms with van der Waals surface area (Å²) in [4.78, 5) is 12.7. The number of hydrogen-bond acceptors (Lipinski definition) is 3. The number of carbonyl (C=O) groups is 1. The van der Waals surface area contributed by atoms with Crippen LogP contribution in [0.4, 0.5) is 5.69 Å². The van der Waals surface area contributed by atoms with Gasteiger partial charge >= 0.3 is 0 Å². The quantitative estimate of drug-likeness (QED) is 0.677. The lowest BCUT2D eigenvalue weighted by Crippen LogP contribution is -2.18. The molecule has 0 aliphatic carbocycles. The van der Waals surface area contributed by atoms with E-state index >= 15 is 0 Å². The first-order valence-corrected chi connectivity index (χ1v) is 7.07. The minimum atomic E-state index is -0.0591. The fraction of sp³-hybridized carbons (Fsp3) is 0.278. The highest BCUT2D eigenvalue weighted by Gasteiger charge is 2.32. The molecule has 0 amide bonds. The first-order valence-electron chi connectivity index (χ1n) is 7.07. The number of ketones is 1. The summed E-state index contributed by atoms with van der Waals surface area (Å²) in [6.45, 7) is 6.78. The van der Waals surface area contributed by atoms with Gasteiger partial charge in [-0.2, -0.15) is 0 Å². The number of carbonyl (C=O) groups excluding carboxylic acids is 1. The maximum Gasteiger partial charge on any atom is 0.193 e. The van der Waals surface area contributed by atoms with Gasteiger partial charge in [0.05, 0.1) is 6.61 Å². The Hall–Kier alpha value is -2.29. The van der Waals surface area contributed by atoms with Crippen molar-refractivity contribution in [3.05, 3.63) is 58.7 Å². The van der Waals surface area contributed by atoms with Crippen LogP contribution in [0.3, 0.4) is 0 Å². The number of anilines is 1. The number of benzene rings is 2. The maximum atomic E-state index is 12.7. The van der Waals surface area contributed by atoms with Crippen molar-refractivity contribution in [2.24, 2.45) is 0 Å². The monoisotopic (exact) mass is 281 g/mol. The molecule has 1 heterocycles. The van der Waals surface area contributed by atoms with E-state index in [1.165, 1.54) is 0 Å². The standard InChI is InChI=1S/C18H19NO2/c1-11-13(5-4-6-15(11)19)17(20)12-7-8-16-14(9-12)18(2,3)10-21-16/h4-9H,10,19H2,1-3H3. The summed E-state index contributed by atoms with van der Waals surface area (Å²) >= 11 is 0. The number of hydrogen-bond donors (Lipinski definition) is 1. The van der Waals surface area contributed by atoms with Crippen molar-refractivity contribution in [2.75, 3.05) is 12.3 Å². The molecule has 2 N–H and O–H groups in total. The van der Waals surface area contributed by atoms with Gasteiger partial charge in [0.15, 0.2) is 5.78 Å². The summed E-state index contributed by atoms with van der Waals surface area (Å²) < 4.78 is 5.67. The Bertz CT molecular complexity index is 732. The van der Waals surface area contributed by atoms with Gasteiger partial charge < -0.3 is 10.5 Å². The summed E-state index contributed by atoms with van der Waals surface area (Å²) in [6, 6.07) is 11.1. The third kappa shape index (κ3) is 2.19. The predicted octanol–water partition coefficient (Wildman–Crippen LogP) is 3.48. The van der Waals surface area contributed by atoms with Crippen LogP contribution in [0.2, 0.25) is 0 Å². The molecule has 0 saturated heterocycles. The van der Waals surface area contributed by atoms with E-state index < -0.39 is 0 Å². The molecule has 0 aromatic heterocycles. The number of rotatable bonds is 2. The molecule has 0 atom stereocenters. The molecule has 2 aromatic rings. The third-order valence-corrected chi connectivity index (χ3v) is 4.18. The van der Waals surface area contributed by atoms with Gasteiger partial charge in [-0.1, -0.05) is 26.0 Å². The lowest BCUT2D eigenvalue weighted by atomic mass is 9.85. The Balaban J connectivity index is 2.06. The molecule has 21 heavy (non-hydrogen) atoms. The van der Waals surface area contributed by atoms with Gasteiger partial charge in [0.25, 0.3) is 0 Å². The first-order chi connectivity index (χ1) is 9.90. The van der Waals surface area contributed by atoms with Crippen molar-refractivity contribution in [1.82, 2.24) is 0 Å². The van der Waals surface area contributed by atoms with Gasteiger partial charge in [-0.05, 0) is 36.8 Å². The third-order valence-electron chi connectivity index (χ3n) is 4.18. The molecule has 3 heteroatoms. The van der Waals surface area contributed by atoms with Gasteiger partial charge in [-0.15, -0.1) is 0 Å². The molecular formula is C18H19NO2. The van der Waals surface area contributed by atoms with Gasteiger partial charge in [0.1, 0.15) is 5.75 Å². The molecule has 0 bridgehead atoms. The van der Waals surface area contributed by atoms with E-state index in [0.717, 1.165) is 16.9 Å². The van der Waals surface area contributed by atoms with Crippen LogP contribution in [0.25, 0.3) is 0 Å². The van der Waals surface area contributed by atoms with Crippen molar-refractivity contribution in [2.45, 2.75) is 26.2 Å². The zero-order valence-electron chi connectivity index (χ0n) is 12.6. The Kier molecular flexibility index (Phi) is 3.01. The molecule has 1 aliphatic rings. The Morgan fingerprint density at radius 1 is 1.24 bits per heavy atom. The van der Waals surface area contributed by atoms with Gasteiger partial charge in [0.2, 0.25) is 0 Å². The topological polar surface area (TPSA) is 52.3 Å². The van der Waals surface area contributed by atoms with Crippen LogP contribution in [-0.2, 0) is 5.41 Å². The molecule has 108 valence electrons. The minimum Gasteiger partial charge on any atom is -0.492 e. The molecule has 3 rings (SSSR count). The normalized spacial score (nSPS) is 15.4. The molecule has 3 nitrogen and oxygen atoms in total. The van der Waals surface area contributed by atoms with E-state index in [2.05, 4.69) is 13.8 Å². The van der Waals surface area contributed by atoms with Crippen LogP contribution in [-0.4, -0.2) is 12.4 Å². The van der Waals surface area contributed by atoms with Crippen LogP contribution >= 0.6 is 0 Å². The van der Waals surface area contributed by atoms with Crippen LogP contribution in [0.5, 0.6) is 5.75 Å². The average Bonchev–Trinajstić information content (AvgIpc) is 2.76. The van der Waals surface area contributed by atoms with Gasteiger partial charge in [-0.25, -0.2) is 0 Å². The summed E-state index contributed by atoms with van der Waals surface area (Å²) in [5.41, 5.74) is 9.75. The summed E-state index contributed by atoms with van der Waals surface area (Å²) in [6.07, 6.45) is 0. The summed E-state index contributed by atoms with van der Waals surface area (Å²) in [5, 5.41) is 0. The van der Waals surface area contributed by atoms with Crippen molar-refractivity contribution in [3.63, 3.8) is 0 Å². The largest absolute Gasteiger partial charge is 0.492 e. The average molecular weight is 281 g/mol. The number of nitrogen functional groups attached to an aromatic ring is 1. The highest BCUT2D eigenvalue weighted by atomic mass is 16.5. The van der Waals surface area contributed by atoms with Gasteiger partial charge in [0, 0.05) is 27.8 Å². The van der Waals surface area contributed by atoms with E-state index in [-0.39, 0.29) is 11.2 Å². The number of ether oxygens (including phenoxy) is 1. The Morgan fingerprint density at radius 2 is 2.00 bits per heavy atom. The fourth-order valence-electron chi connectivity index (χ4n) is 2.72. The molecular weight excluding hydrogens is 262 g/mol. The minimum absolute atomic E-state index is 0.00491. The number of nitrogens with two attached hydrogens (primary N) is 1. The molecule has 0 radical (unpaired) electrons. The highest BCUT2D eigenvalue weighted by molar-refractivity contribution is 6.10. The van der Waals surface area contributed by atoms with E-state index in [1.807, 2.05) is 43.3 Å². The second kappa shape index (κ2) is 4.62. The molecule has 0 spiro atoms. The first kappa shape index (κ1) is 13.7. The van der Waals surface area contributed by atoms with Crippen molar-refractivity contribution in [3.8, 4) is 5.75 Å². The van der Waals surface area contributed by atoms with Crippen LogP contribution in [0.15, 0.2) is 36.4 Å². The maximum absolute atomic E-state index is 12.7. The van der Waals surface area contributed by atoms with Crippen molar-refractivity contribution in [1.29, 1.82) is 0 Å². The van der Waals surface area contributed by atoms with Crippen molar-refractivity contribution < 1.29 is 9.53 Å². The summed E-state index contributed by atoms with van der Waals surface area (Å²) in [5.74, 6) is 0.881. The zero-order valence-corrected chi connectivity index (χ0v) is 12.6. The predicted molar refractivity (Wildman–Crippen MR) is 84.0 cm³/mol. The molecule has 0 unspecified atom stereocenters.